The minimum absolute atomic E-state index is 0.230. The SMILES string of the molecule is COC1OC(=O)CC(C)(C)C1O. The molecule has 1 fully saturated rings. The summed E-state index contributed by atoms with van der Waals surface area (Å²) >= 11 is 0. The molecule has 4 nitrogen and oxygen atoms in total. The number of esters is 1. The zero-order valence-electron chi connectivity index (χ0n) is 7.53. The molecule has 0 aromatic rings. The van der Waals surface area contributed by atoms with Crippen LogP contribution in [0.4, 0.5) is 0 Å². The van der Waals surface area contributed by atoms with E-state index >= 15 is 0 Å². The second kappa shape index (κ2) is 3.03. The summed E-state index contributed by atoms with van der Waals surface area (Å²) in [7, 11) is 1.41. The van der Waals surface area contributed by atoms with Crippen LogP contribution in [0, 0.1) is 5.41 Å². The molecule has 1 N–H and O–H groups in total. The van der Waals surface area contributed by atoms with Crippen LogP contribution < -0.4 is 0 Å². The summed E-state index contributed by atoms with van der Waals surface area (Å²) in [4.78, 5) is 11.0. The highest BCUT2D eigenvalue weighted by Crippen LogP contribution is 2.33. The summed E-state index contributed by atoms with van der Waals surface area (Å²) in [5.74, 6) is -0.322. The van der Waals surface area contributed by atoms with Gasteiger partial charge in [-0.1, -0.05) is 13.8 Å². The molecule has 0 amide bonds. The first-order valence-corrected chi connectivity index (χ1v) is 3.88. The first-order valence-electron chi connectivity index (χ1n) is 3.88. The van der Waals surface area contributed by atoms with Crippen molar-refractivity contribution in [3.8, 4) is 0 Å². The summed E-state index contributed by atoms with van der Waals surface area (Å²) < 4.78 is 9.59. The third-order valence-corrected chi connectivity index (χ3v) is 2.14. The molecule has 0 spiro atoms. The van der Waals surface area contributed by atoms with Gasteiger partial charge in [0.15, 0.2) is 0 Å². The predicted octanol–water partition coefficient (Wildman–Crippen LogP) is 0.293. The van der Waals surface area contributed by atoms with Gasteiger partial charge in [-0.3, -0.25) is 4.79 Å². The highest BCUT2D eigenvalue weighted by molar-refractivity contribution is 5.71. The molecule has 0 aromatic carbocycles. The van der Waals surface area contributed by atoms with E-state index in [1.807, 2.05) is 13.8 Å². The van der Waals surface area contributed by atoms with Crippen LogP contribution >= 0.6 is 0 Å². The lowest BCUT2D eigenvalue weighted by atomic mass is 9.81. The summed E-state index contributed by atoms with van der Waals surface area (Å²) in [5.41, 5.74) is -0.462. The molecule has 1 aliphatic heterocycles. The molecule has 4 heteroatoms. The Morgan fingerprint density at radius 1 is 1.67 bits per heavy atom. The van der Waals surface area contributed by atoms with Crippen LogP contribution in [-0.4, -0.2) is 30.6 Å². The molecule has 1 saturated heterocycles. The van der Waals surface area contributed by atoms with E-state index in [1.165, 1.54) is 7.11 Å². The van der Waals surface area contributed by atoms with Crippen molar-refractivity contribution < 1.29 is 19.4 Å². The van der Waals surface area contributed by atoms with Crippen molar-refractivity contribution in [2.75, 3.05) is 7.11 Å². The molecule has 70 valence electrons. The van der Waals surface area contributed by atoms with Crippen LogP contribution in [0.25, 0.3) is 0 Å². The van der Waals surface area contributed by atoms with Crippen LogP contribution in [0.1, 0.15) is 20.3 Å². The molecular formula is C8H14O4. The lowest BCUT2D eigenvalue weighted by Crippen LogP contribution is -2.49. The molecule has 0 saturated carbocycles. The van der Waals surface area contributed by atoms with Gasteiger partial charge >= 0.3 is 5.97 Å². The van der Waals surface area contributed by atoms with Gasteiger partial charge in [-0.15, -0.1) is 0 Å². The standard InChI is InChI=1S/C8H14O4/c1-8(2)4-5(9)12-7(11-3)6(8)10/h6-7,10H,4H2,1-3H3. The molecule has 0 radical (unpaired) electrons. The molecular weight excluding hydrogens is 160 g/mol. The minimum Gasteiger partial charge on any atom is -0.433 e. The van der Waals surface area contributed by atoms with Crippen LogP contribution in [0.15, 0.2) is 0 Å². The Labute approximate surface area is 71.5 Å². The zero-order chi connectivity index (χ0) is 9.35. The van der Waals surface area contributed by atoms with Crippen LogP contribution in [-0.2, 0) is 14.3 Å². The molecule has 0 aliphatic carbocycles. The molecule has 1 rings (SSSR count). The van der Waals surface area contributed by atoms with E-state index in [1.54, 1.807) is 0 Å². The Morgan fingerprint density at radius 3 is 2.75 bits per heavy atom. The quantitative estimate of drug-likeness (QED) is 0.580. The van der Waals surface area contributed by atoms with E-state index < -0.39 is 17.8 Å². The fraction of sp³-hybridized carbons (Fsp3) is 0.875. The van der Waals surface area contributed by atoms with Crippen molar-refractivity contribution >= 4 is 5.97 Å². The number of cyclic esters (lactones) is 1. The van der Waals surface area contributed by atoms with Gasteiger partial charge in [0, 0.05) is 12.5 Å². The molecule has 12 heavy (non-hydrogen) atoms. The van der Waals surface area contributed by atoms with Gasteiger partial charge in [-0.2, -0.15) is 0 Å². The average Bonchev–Trinajstić information content (AvgIpc) is 1.96. The van der Waals surface area contributed by atoms with Crippen molar-refractivity contribution in [1.29, 1.82) is 0 Å². The van der Waals surface area contributed by atoms with Gasteiger partial charge in [-0.25, -0.2) is 0 Å². The van der Waals surface area contributed by atoms with E-state index in [0.29, 0.717) is 0 Å². The highest BCUT2D eigenvalue weighted by atomic mass is 16.7. The molecule has 0 bridgehead atoms. The number of aliphatic hydroxyl groups is 1. The molecule has 1 heterocycles. The fourth-order valence-corrected chi connectivity index (χ4v) is 1.26. The van der Waals surface area contributed by atoms with Crippen molar-refractivity contribution in [3.63, 3.8) is 0 Å². The topological polar surface area (TPSA) is 55.8 Å². The van der Waals surface area contributed by atoms with Gasteiger partial charge in [0.25, 0.3) is 0 Å². The largest absolute Gasteiger partial charge is 0.433 e. The predicted molar refractivity (Wildman–Crippen MR) is 41.3 cm³/mol. The van der Waals surface area contributed by atoms with Gasteiger partial charge in [0.1, 0.15) is 6.10 Å². The van der Waals surface area contributed by atoms with Crippen LogP contribution in [0.3, 0.4) is 0 Å². The zero-order valence-corrected chi connectivity index (χ0v) is 7.53. The first kappa shape index (κ1) is 9.48. The molecule has 0 aromatic heterocycles. The van der Waals surface area contributed by atoms with Crippen molar-refractivity contribution in [1.82, 2.24) is 0 Å². The Bertz CT molecular complexity index is 187. The lowest BCUT2D eigenvalue weighted by molar-refractivity contribution is -0.232. The Balaban J connectivity index is 2.75. The average molecular weight is 174 g/mol. The highest BCUT2D eigenvalue weighted by Gasteiger charge is 2.43. The monoisotopic (exact) mass is 174 g/mol. The number of aliphatic hydroxyl groups excluding tert-OH is 1. The third kappa shape index (κ3) is 1.59. The summed E-state index contributed by atoms with van der Waals surface area (Å²) in [5, 5.41) is 9.61. The number of carbonyl (C=O) groups excluding carboxylic acids is 1. The Kier molecular flexibility index (Phi) is 2.39. The number of hydrogen-bond donors (Lipinski definition) is 1. The van der Waals surface area contributed by atoms with Crippen LogP contribution in [0.2, 0.25) is 0 Å². The second-order valence-electron chi connectivity index (χ2n) is 3.70. The molecule has 2 unspecified atom stereocenters. The number of rotatable bonds is 1. The maximum atomic E-state index is 11.0. The molecule has 2 atom stereocenters. The normalized spacial score (nSPS) is 34.5. The summed E-state index contributed by atoms with van der Waals surface area (Å²) in [6.45, 7) is 3.62. The Hall–Kier alpha value is -0.610. The maximum Gasteiger partial charge on any atom is 0.308 e. The van der Waals surface area contributed by atoms with Gasteiger partial charge in [0.2, 0.25) is 6.29 Å². The van der Waals surface area contributed by atoms with Crippen LogP contribution in [0.5, 0.6) is 0 Å². The summed E-state index contributed by atoms with van der Waals surface area (Å²) in [6, 6.07) is 0. The van der Waals surface area contributed by atoms with Crippen molar-refractivity contribution in [2.24, 2.45) is 5.41 Å². The number of carbonyl (C=O) groups is 1. The number of ether oxygens (including phenoxy) is 2. The number of methoxy groups -OCH3 is 1. The van der Waals surface area contributed by atoms with Crippen molar-refractivity contribution in [2.45, 2.75) is 32.7 Å². The number of hydrogen-bond acceptors (Lipinski definition) is 4. The minimum atomic E-state index is -0.818. The summed E-state index contributed by atoms with van der Waals surface area (Å²) in [6.07, 6.45) is -1.34. The van der Waals surface area contributed by atoms with Gasteiger partial charge < -0.3 is 14.6 Å². The lowest BCUT2D eigenvalue weighted by Gasteiger charge is -2.38. The first-order chi connectivity index (χ1) is 5.47. The smallest absolute Gasteiger partial charge is 0.308 e. The van der Waals surface area contributed by atoms with E-state index in [-0.39, 0.29) is 12.4 Å². The van der Waals surface area contributed by atoms with E-state index in [0.717, 1.165) is 0 Å². The third-order valence-electron chi connectivity index (χ3n) is 2.14. The second-order valence-corrected chi connectivity index (χ2v) is 3.70. The fourth-order valence-electron chi connectivity index (χ4n) is 1.26. The molecule has 1 aliphatic rings. The van der Waals surface area contributed by atoms with E-state index in [4.69, 9.17) is 9.47 Å². The van der Waals surface area contributed by atoms with Crippen molar-refractivity contribution in [3.05, 3.63) is 0 Å². The van der Waals surface area contributed by atoms with E-state index in [2.05, 4.69) is 0 Å². The van der Waals surface area contributed by atoms with Gasteiger partial charge in [0.05, 0.1) is 6.42 Å². The Morgan fingerprint density at radius 2 is 2.25 bits per heavy atom. The van der Waals surface area contributed by atoms with E-state index in [9.17, 15) is 9.90 Å². The maximum absolute atomic E-state index is 11.0. The van der Waals surface area contributed by atoms with Gasteiger partial charge in [-0.05, 0) is 0 Å².